The number of amidine groups is 2. The molecule has 0 N–H and O–H groups in total. The molecule has 2 aliphatic rings. The number of allylic oxidation sites excluding steroid dienone is 2. The van der Waals surface area contributed by atoms with E-state index < -0.39 is 29.7 Å². The highest BCUT2D eigenvalue weighted by atomic mass is 35.5. The number of rotatable bonds is 1. The molecule has 2 aliphatic heterocycles. The van der Waals surface area contributed by atoms with E-state index in [0.717, 1.165) is 11.0 Å². The van der Waals surface area contributed by atoms with E-state index in [2.05, 4.69) is 9.98 Å². The van der Waals surface area contributed by atoms with Gasteiger partial charge in [0.1, 0.15) is 11.7 Å². The Morgan fingerprint density at radius 2 is 1.48 bits per heavy atom. The van der Waals surface area contributed by atoms with Crippen molar-refractivity contribution in [1.29, 1.82) is 0 Å². The first-order chi connectivity index (χ1) is 11.6. The van der Waals surface area contributed by atoms with Crippen LogP contribution in [0.1, 0.15) is 5.56 Å². The van der Waals surface area contributed by atoms with Crippen LogP contribution in [0.15, 0.2) is 58.7 Å². The van der Waals surface area contributed by atoms with Gasteiger partial charge in [0.25, 0.3) is 0 Å². The Morgan fingerprint density at radius 3 is 2.04 bits per heavy atom. The lowest BCUT2D eigenvalue weighted by Crippen LogP contribution is -2.58. The van der Waals surface area contributed by atoms with Gasteiger partial charge in [0.15, 0.2) is 0 Å². The molecule has 132 valence electrons. The van der Waals surface area contributed by atoms with Crippen LogP contribution >= 0.6 is 11.6 Å². The van der Waals surface area contributed by atoms with Gasteiger partial charge in [-0.25, -0.2) is 9.98 Å². The summed E-state index contributed by atoms with van der Waals surface area (Å²) in [5, 5.41) is 0.279. The van der Waals surface area contributed by atoms with Crippen molar-refractivity contribution in [3.05, 3.63) is 59.3 Å². The van der Waals surface area contributed by atoms with E-state index in [0.29, 0.717) is 0 Å². The third kappa shape index (κ3) is 2.82. The summed E-state index contributed by atoms with van der Waals surface area (Å²) in [6.45, 7) is 0. The zero-order valence-corrected chi connectivity index (χ0v) is 12.9. The molecule has 1 aromatic rings. The van der Waals surface area contributed by atoms with Crippen LogP contribution in [0.4, 0.5) is 26.3 Å². The predicted molar refractivity (Wildman–Crippen MR) is 80.4 cm³/mol. The van der Waals surface area contributed by atoms with Crippen LogP contribution in [0.3, 0.4) is 0 Å². The van der Waals surface area contributed by atoms with Gasteiger partial charge in [-0.3, -0.25) is 4.90 Å². The van der Waals surface area contributed by atoms with Gasteiger partial charge in [-0.2, -0.15) is 26.3 Å². The molecule has 0 unspecified atom stereocenters. The van der Waals surface area contributed by atoms with Crippen LogP contribution in [0, 0.1) is 0 Å². The molecule has 0 amide bonds. The van der Waals surface area contributed by atoms with E-state index in [-0.39, 0.29) is 10.6 Å². The molecule has 0 spiro atoms. The van der Waals surface area contributed by atoms with E-state index in [1.54, 1.807) is 0 Å². The van der Waals surface area contributed by atoms with Crippen molar-refractivity contribution >= 4 is 23.3 Å². The number of hydrogen-bond acceptors (Lipinski definition) is 3. The van der Waals surface area contributed by atoms with Crippen LogP contribution in [-0.2, 0) is 0 Å². The Kier molecular flexibility index (Phi) is 3.94. The maximum Gasteiger partial charge on any atom is 0.443 e. The molecule has 0 radical (unpaired) electrons. The highest BCUT2D eigenvalue weighted by molar-refractivity contribution is 6.30. The summed E-state index contributed by atoms with van der Waals surface area (Å²) in [4.78, 5) is 6.98. The number of fused-ring (bicyclic) bond motifs is 1. The molecule has 3 rings (SSSR count). The first-order valence-electron chi connectivity index (χ1n) is 6.78. The number of nitrogens with zero attached hydrogens (tertiary/aromatic N) is 3. The minimum atomic E-state index is -5.77. The van der Waals surface area contributed by atoms with Crippen molar-refractivity contribution in [3.8, 4) is 0 Å². The Labute approximate surface area is 142 Å². The summed E-state index contributed by atoms with van der Waals surface area (Å²) in [6.07, 6.45) is -6.47. The molecule has 0 fully saturated rings. The Balaban J connectivity index is 2.27. The standard InChI is InChI=1S/C15H8ClF6N3/c16-10-6-4-9(5-7-10)12-24-13(14(17,18)19,15(20,21)22)23-11-3-1-2-8-25(11)12/h1-8H. The molecule has 25 heavy (non-hydrogen) atoms. The van der Waals surface area contributed by atoms with Gasteiger partial charge in [-0.15, -0.1) is 0 Å². The number of hydrogen-bond donors (Lipinski definition) is 0. The van der Waals surface area contributed by atoms with Crippen LogP contribution in [-0.4, -0.2) is 34.6 Å². The second kappa shape index (κ2) is 5.62. The summed E-state index contributed by atoms with van der Waals surface area (Å²) >= 11 is 5.73. The molecule has 0 saturated carbocycles. The van der Waals surface area contributed by atoms with Crippen LogP contribution < -0.4 is 0 Å². The van der Waals surface area contributed by atoms with Gasteiger partial charge in [0, 0.05) is 16.8 Å². The Bertz CT molecular complexity index is 788. The van der Waals surface area contributed by atoms with Crippen molar-refractivity contribution in [1.82, 2.24) is 4.90 Å². The van der Waals surface area contributed by atoms with Gasteiger partial charge in [0.05, 0.1) is 0 Å². The third-order valence-corrected chi connectivity index (χ3v) is 3.76. The fourth-order valence-corrected chi connectivity index (χ4v) is 2.45. The molecule has 0 bridgehead atoms. The minimum Gasteiger partial charge on any atom is -0.286 e. The molecule has 3 nitrogen and oxygen atoms in total. The monoisotopic (exact) mass is 379 g/mol. The third-order valence-electron chi connectivity index (χ3n) is 3.50. The normalized spacial score (nSPS) is 19.4. The molecular formula is C15H8ClF6N3. The maximum atomic E-state index is 13.4. The van der Waals surface area contributed by atoms with Crippen molar-refractivity contribution in [3.63, 3.8) is 0 Å². The van der Waals surface area contributed by atoms with Crippen molar-refractivity contribution < 1.29 is 26.3 Å². The van der Waals surface area contributed by atoms with Gasteiger partial charge >= 0.3 is 18.0 Å². The largest absolute Gasteiger partial charge is 0.443 e. The number of alkyl halides is 6. The quantitative estimate of drug-likeness (QED) is 0.650. The number of halogens is 7. The van der Waals surface area contributed by atoms with Gasteiger partial charge in [-0.1, -0.05) is 17.7 Å². The first kappa shape index (κ1) is 17.5. The van der Waals surface area contributed by atoms with Gasteiger partial charge in [-0.05, 0) is 36.4 Å². The number of aliphatic imine (C=N–C) groups is 2. The fraction of sp³-hybridized carbons (Fsp3) is 0.200. The lowest BCUT2D eigenvalue weighted by Gasteiger charge is -2.38. The maximum absolute atomic E-state index is 13.4. The van der Waals surface area contributed by atoms with E-state index in [4.69, 9.17) is 11.6 Å². The topological polar surface area (TPSA) is 28.0 Å². The fourth-order valence-electron chi connectivity index (χ4n) is 2.32. The van der Waals surface area contributed by atoms with Crippen LogP contribution in [0.5, 0.6) is 0 Å². The first-order valence-corrected chi connectivity index (χ1v) is 7.16. The average molecular weight is 380 g/mol. The van der Waals surface area contributed by atoms with Crippen molar-refractivity contribution in [2.45, 2.75) is 18.0 Å². The van der Waals surface area contributed by atoms with Gasteiger partial charge in [0.2, 0.25) is 0 Å². The highest BCUT2D eigenvalue weighted by Crippen LogP contribution is 2.49. The molecule has 0 saturated heterocycles. The summed E-state index contributed by atoms with van der Waals surface area (Å²) < 4.78 is 80.3. The van der Waals surface area contributed by atoms with Gasteiger partial charge < -0.3 is 0 Å². The van der Waals surface area contributed by atoms with E-state index >= 15 is 0 Å². The van der Waals surface area contributed by atoms with Crippen molar-refractivity contribution in [2.75, 3.05) is 0 Å². The summed E-state index contributed by atoms with van der Waals surface area (Å²) in [6, 6.07) is 5.26. The number of benzene rings is 1. The lowest BCUT2D eigenvalue weighted by atomic mass is 10.1. The molecule has 10 heteroatoms. The molecule has 0 atom stereocenters. The molecule has 2 heterocycles. The second-order valence-corrected chi connectivity index (χ2v) is 5.59. The van der Waals surface area contributed by atoms with Crippen LogP contribution in [0.2, 0.25) is 5.02 Å². The zero-order chi connectivity index (χ0) is 18.5. The van der Waals surface area contributed by atoms with Crippen molar-refractivity contribution in [2.24, 2.45) is 9.98 Å². The molecular weight excluding hydrogens is 372 g/mol. The SMILES string of the molecule is FC(F)(F)C1(C(F)(F)F)N=C2C=CC=CN2C(c2ccc(Cl)cc2)=N1. The summed E-state index contributed by atoms with van der Waals surface area (Å²) in [5.74, 6) is -1.05. The van der Waals surface area contributed by atoms with E-state index in [1.165, 1.54) is 42.6 Å². The smallest absolute Gasteiger partial charge is 0.286 e. The molecule has 1 aromatic carbocycles. The highest BCUT2D eigenvalue weighted by Gasteiger charge is 2.73. The summed E-state index contributed by atoms with van der Waals surface area (Å²) in [7, 11) is 0. The molecule has 0 aliphatic carbocycles. The zero-order valence-electron chi connectivity index (χ0n) is 12.1. The summed E-state index contributed by atoms with van der Waals surface area (Å²) in [5.41, 5.74) is -4.54. The minimum absolute atomic E-state index is 0.0367. The Hall–Kier alpha value is -2.29. The molecule has 0 aromatic heterocycles. The lowest BCUT2D eigenvalue weighted by molar-refractivity contribution is -0.292. The van der Waals surface area contributed by atoms with E-state index in [1.807, 2.05) is 0 Å². The second-order valence-electron chi connectivity index (χ2n) is 5.15. The van der Waals surface area contributed by atoms with Crippen LogP contribution in [0.25, 0.3) is 0 Å². The predicted octanol–water partition coefficient (Wildman–Crippen LogP) is 4.71. The average Bonchev–Trinajstić information content (AvgIpc) is 2.52. The Morgan fingerprint density at radius 1 is 0.880 bits per heavy atom. The van der Waals surface area contributed by atoms with E-state index in [9.17, 15) is 26.3 Å².